The molecule has 0 heterocycles. The summed E-state index contributed by atoms with van der Waals surface area (Å²) in [5.74, 6) is -1.70. The third-order valence-corrected chi connectivity index (χ3v) is 1.63. The second-order valence-electron chi connectivity index (χ2n) is 2.69. The Morgan fingerprint density at radius 1 is 1.33 bits per heavy atom. The molecule has 66 valence electrons. The van der Waals surface area contributed by atoms with Crippen LogP contribution >= 0.6 is 0 Å². The van der Waals surface area contributed by atoms with Crippen molar-refractivity contribution in [2.75, 3.05) is 6.61 Å². The lowest BCUT2D eigenvalue weighted by Crippen LogP contribution is -1.98. The molecule has 12 heavy (non-hydrogen) atoms. The number of aliphatic hydroxyl groups excluding tert-OH is 1. The van der Waals surface area contributed by atoms with E-state index in [9.17, 15) is 8.78 Å². The first-order valence-corrected chi connectivity index (χ1v) is 3.70. The molecule has 0 fully saturated rings. The number of halogens is 2. The van der Waals surface area contributed by atoms with Crippen LogP contribution in [0.2, 0.25) is 0 Å². The van der Waals surface area contributed by atoms with Crippen LogP contribution in [-0.4, -0.2) is 11.7 Å². The lowest BCUT2D eigenvalue weighted by atomic mass is 10.1. The molecule has 0 aromatic heterocycles. The van der Waals surface area contributed by atoms with Gasteiger partial charge in [0.05, 0.1) is 0 Å². The molecule has 0 saturated heterocycles. The Labute approximate surface area is 69.7 Å². The highest BCUT2D eigenvalue weighted by molar-refractivity contribution is 5.25. The largest absolute Gasteiger partial charge is 0.396 e. The van der Waals surface area contributed by atoms with Crippen LogP contribution in [0.25, 0.3) is 0 Å². The van der Waals surface area contributed by atoms with Crippen molar-refractivity contribution in [2.24, 2.45) is 0 Å². The van der Waals surface area contributed by atoms with Gasteiger partial charge < -0.3 is 5.11 Å². The molecule has 0 unspecified atom stereocenters. The van der Waals surface area contributed by atoms with E-state index >= 15 is 0 Å². The molecule has 0 aliphatic carbocycles. The van der Waals surface area contributed by atoms with Crippen LogP contribution in [0.15, 0.2) is 12.1 Å². The molecule has 1 rings (SSSR count). The lowest BCUT2D eigenvalue weighted by Gasteiger charge is -2.03. The van der Waals surface area contributed by atoms with Gasteiger partial charge in [0, 0.05) is 6.61 Å². The standard InChI is InChI=1S/C9H10F2O/c1-6-4-7(2-3-12)9(11)8(10)5-6/h4-5,12H,2-3H2,1H3. The Balaban J connectivity index is 3.09. The average molecular weight is 172 g/mol. The molecule has 0 radical (unpaired) electrons. The topological polar surface area (TPSA) is 20.2 Å². The van der Waals surface area contributed by atoms with E-state index in [-0.39, 0.29) is 18.6 Å². The number of hydrogen-bond acceptors (Lipinski definition) is 1. The number of aryl methyl sites for hydroxylation is 1. The molecule has 0 atom stereocenters. The molecule has 0 aliphatic rings. The minimum atomic E-state index is -0.852. The molecule has 0 spiro atoms. The van der Waals surface area contributed by atoms with Gasteiger partial charge in [0.2, 0.25) is 0 Å². The van der Waals surface area contributed by atoms with E-state index < -0.39 is 11.6 Å². The smallest absolute Gasteiger partial charge is 0.162 e. The summed E-state index contributed by atoms with van der Waals surface area (Å²) in [4.78, 5) is 0. The summed E-state index contributed by atoms with van der Waals surface area (Å²) in [6, 6.07) is 2.67. The monoisotopic (exact) mass is 172 g/mol. The summed E-state index contributed by atoms with van der Waals surface area (Å²) in [5, 5.41) is 8.54. The van der Waals surface area contributed by atoms with Crippen LogP contribution in [0, 0.1) is 18.6 Å². The van der Waals surface area contributed by atoms with Gasteiger partial charge in [-0.25, -0.2) is 8.78 Å². The molecule has 1 aromatic carbocycles. The lowest BCUT2D eigenvalue weighted by molar-refractivity contribution is 0.297. The second kappa shape index (κ2) is 3.63. The Hall–Kier alpha value is -0.960. The van der Waals surface area contributed by atoms with Gasteiger partial charge in [0.15, 0.2) is 11.6 Å². The van der Waals surface area contributed by atoms with Crippen molar-refractivity contribution in [3.05, 3.63) is 34.9 Å². The second-order valence-corrected chi connectivity index (χ2v) is 2.69. The van der Waals surface area contributed by atoms with Gasteiger partial charge in [-0.15, -0.1) is 0 Å². The summed E-state index contributed by atoms with van der Waals surface area (Å²) < 4.78 is 25.6. The quantitative estimate of drug-likeness (QED) is 0.721. The zero-order valence-electron chi connectivity index (χ0n) is 6.77. The fourth-order valence-corrected chi connectivity index (χ4v) is 1.10. The molecule has 0 bridgehead atoms. The van der Waals surface area contributed by atoms with Crippen LogP contribution in [0.1, 0.15) is 11.1 Å². The molecule has 1 nitrogen and oxygen atoms in total. The highest BCUT2D eigenvalue weighted by atomic mass is 19.2. The van der Waals surface area contributed by atoms with Gasteiger partial charge in [0.1, 0.15) is 0 Å². The average Bonchev–Trinajstić information content (AvgIpc) is 2.00. The number of rotatable bonds is 2. The normalized spacial score (nSPS) is 10.3. The molecule has 0 aliphatic heterocycles. The van der Waals surface area contributed by atoms with E-state index in [1.165, 1.54) is 6.07 Å². The fourth-order valence-electron chi connectivity index (χ4n) is 1.10. The van der Waals surface area contributed by atoms with Crippen LogP contribution in [0.5, 0.6) is 0 Å². The molecule has 0 saturated carbocycles. The van der Waals surface area contributed by atoms with Gasteiger partial charge in [-0.3, -0.25) is 0 Å². The van der Waals surface area contributed by atoms with Crippen molar-refractivity contribution in [1.82, 2.24) is 0 Å². The first kappa shape index (κ1) is 9.13. The third-order valence-electron chi connectivity index (χ3n) is 1.63. The van der Waals surface area contributed by atoms with Crippen molar-refractivity contribution < 1.29 is 13.9 Å². The highest BCUT2D eigenvalue weighted by Gasteiger charge is 2.07. The van der Waals surface area contributed by atoms with E-state index in [0.29, 0.717) is 5.56 Å². The van der Waals surface area contributed by atoms with Gasteiger partial charge in [0.25, 0.3) is 0 Å². The first-order chi connectivity index (χ1) is 5.65. The maximum Gasteiger partial charge on any atom is 0.162 e. The predicted molar refractivity (Wildman–Crippen MR) is 41.9 cm³/mol. The number of benzene rings is 1. The van der Waals surface area contributed by atoms with Crippen LogP contribution in [0.4, 0.5) is 8.78 Å². The Bertz CT molecular complexity index is 284. The van der Waals surface area contributed by atoms with Crippen LogP contribution in [-0.2, 0) is 6.42 Å². The van der Waals surface area contributed by atoms with Gasteiger partial charge in [-0.05, 0) is 30.5 Å². The van der Waals surface area contributed by atoms with Crippen LogP contribution < -0.4 is 0 Å². The summed E-state index contributed by atoms with van der Waals surface area (Å²) in [6.45, 7) is 1.52. The van der Waals surface area contributed by atoms with E-state index in [1.54, 1.807) is 6.92 Å². The zero-order chi connectivity index (χ0) is 9.14. The summed E-state index contributed by atoms with van der Waals surface area (Å²) in [7, 11) is 0. The van der Waals surface area contributed by atoms with Crippen LogP contribution in [0.3, 0.4) is 0 Å². The Morgan fingerprint density at radius 2 is 2.00 bits per heavy atom. The van der Waals surface area contributed by atoms with Gasteiger partial charge in [-0.2, -0.15) is 0 Å². The van der Waals surface area contributed by atoms with Crippen molar-refractivity contribution >= 4 is 0 Å². The van der Waals surface area contributed by atoms with E-state index in [0.717, 1.165) is 6.07 Å². The summed E-state index contributed by atoms with van der Waals surface area (Å²) in [5.41, 5.74) is 0.896. The zero-order valence-corrected chi connectivity index (χ0v) is 6.77. The maximum absolute atomic E-state index is 12.9. The van der Waals surface area contributed by atoms with E-state index in [4.69, 9.17) is 5.11 Å². The van der Waals surface area contributed by atoms with E-state index in [1.807, 2.05) is 0 Å². The molecular weight excluding hydrogens is 162 g/mol. The minimum Gasteiger partial charge on any atom is -0.396 e. The third kappa shape index (κ3) is 1.80. The van der Waals surface area contributed by atoms with Gasteiger partial charge in [-0.1, -0.05) is 6.07 Å². The summed E-state index contributed by atoms with van der Waals surface area (Å²) in [6.07, 6.45) is 0.157. The van der Waals surface area contributed by atoms with Crippen molar-refractivity contribution in [2.45, 2.75) is 13.3 Å². The Kier molecular flexibility index (Phi) is 2.76. The van der Waals surface area contributed by atoms with E-state index in [2.05, 4.69) is 0 Å². The SMILES string of the molecule is Cc1cc(F)c(F)c(CCO)c1. The number of hydrogen-bond donors (Lipinski definition) is 1. The molecule has 0 amide bonds. The first-order valence-electron chi connectivity index (χ1n) is 3.70. The van der Waals surface area contributed by atoms with Crippen molar-refractivity contribution in [3.63, 3.8) is 0 Å². The summed E-state index contributed by atoms with van der Waals surface area (Å²) >= 11 is 0. The molecule has 1 aromatic rings. The molecule has 3 heteroatoms. The molecule has 1 N–H and O–H groups in total. The number of aliphatic hydroxyl groups is 1. The minimum absolute atomic E-state index is 0.157. The van der Waals surface area contributed by atoms with Gasteiger partial charge >= 0.3 is 0 Å². The predicted octanol–water partition coefficient (Wildman–Crippen LogP) is 1.81. The maximum atomic E-state index is 12.9. The molecular formula is C9H10F2O. The highest BCUT2D eigenvalue weighted by Crippen LogP contribution is 2.14. The van der Waals surface area contributed by atoms with Crippen molar-refractivity contribution in [3.8, 4) is 0 Å². The fraction of sp³-hybridized carbons (Fsp3) is 0.333. The van der Waals surface area contributed by atoms with Crippen molar-refractivity contribution in [1.29, 1.82) is 0 Å². The Morgan fingerprint density at radius 3 is 2.58 bits per heavy atom.